The summed E-state index contributed by atoms with van der Waals surface area (Å²) in [4.78, 5) is 27.9. The molecule has 7 heteroatoms. The number of aliphatic carboxylic acids is 2. The fraction of sp³-hybridized carbons (Fsp3) is 0.652. The summed E-state index contributed by atoms with van der Waals surface area (Å²) in [6.45, 7) is 8.93. The van der Waals surface area contributed by atoms with Gasteiger partial charge in [-0.25, -0.2) is 4.39 Å². The number of hydrogen-bond acceptors (Lipinski definition) is 4. The Labute approximate surface area is 177 Å². The number of halogens is 1. The SMILES string of the molecule is CCC1(C(=O)O)C(N2CCCC2)NC(C(C)C)C(C)(C(=O)O)C1c1ccc(F)cc1. The first-order valence-corrected chi connectivity index (χ1v) is 10.8. The van der Waals surface area contributed by atoms with Crippen LogP contribution in [0.2, 0.25) is 0 Å². The molecule has 0 saturated carbocycles. The number of nitrogens with zero attached hydrogens (tertiary/aromatic N) is 1. The minimum absolute atomic E-state index is 0.0391. The van der Waals surface area contributed by atoms with E-state index >= 15 is 0 Å². The fourth-order valence-corrected chi connectivity index (χ4v) is 6.02. The van der Waals surface area contributed by atoms with Crippen molar-refractivity contribution in [3.05, 3.63) is 35.6 Å². The molecule has 2 fully saturated rings. The molecule has 3 N–H and O–H groups in total. The Bertz CT molecular complexity index is 793. The maximum absolute atomic E-state index is 13.7. The molecule has 1 aromatic carbocycles. The minimum atomic E-state index is -1.39. The Morgan fingerprint density at radius 1 is 1.17 bits per heavy atom. The second-order valence-corrected chi connectivity index (χ2v) is 9.31. The van der Waals surface area contributed by atoms with Crippen LogP contribution in [0.25, 0.3) is 0 Å². The lowest BCUT2D eigenvalue weighted by Gasteiger charge is -2.60. The molecule has 166 valence electrons. The van der Waals surface area contributed by atoms with Crippen LogP contribution >= 0.6 is 0 Å². The van der Waals surface area contributed by atoms with Gasteiger partial charge in [-0.05, 0) is 62.9 Å². The van der Waals surface area contributed by atoms with Gasteiger partial charge in [0.05, 0.1) is 11.6 Å². The van der Waals surface area contributed by atoms with Gasteiger partial charge in [0.15, 0.2) is 0 Å². The quantitative estimate of drug-likeness (QED) is 0.652. The van der Waals surface area contributed by atoms with Crippen molar-refractivity contribution in [2.75, 3.05) is 13.1 Å². The number of carboxylic acid groups (broad SMARTS) is 2. The number of carboxylic acids is 2. The molecule has 0 radical (unpaired) electrons. The van der Waals surface area contributed by atoms with Gasteiger partial charge in [-0.15, -0.1) is 0 Å². The molecule has 0 aromatic heterocycles. The van der Waals surface area contributed by atoms with Crippen molar-refractivity contribution in [2.24, 2.45) is 16.7 Å². The van der Waals surface area contributed by atoms with Crippen LogP contribution in [0.5, 0.6) is 0 Å². The van der Waals surface area contributed by atoms with Crippen LogP contribution in [0.3, 0.4) is 0 Å². The highest BCUT2D eigenvalue weighted by atomic mass is 19.1. The molecule has 30 heavy (non-hydrogen) atoms. The summed E-state index contributed by atoms with van der Waals surface area (Å²) >= 11 is 0. The van der Waals surface area contributed by atoms with Gasteiger partial charge in [-0.2, -0.15) is 0 Å². The third-order valence-corrected chi connectivity index (χ3v) is 7.41. The van der Waals surface area contributed by atoms with Gasteiger partial charge >= 0.3 is 11.9 Å². The molecule has 2 saturated heterocycles. The summed E-state index contributed by atoms with van der Waals surface area (Å²) in [7, 11) is 0. The molecule has 2 aliphatic heterocycles. The molecule has 0 amide bonds. The highest BCUT2D eigenvalue weighted by molar-refractivity contribution is 5.84. The van der Waals surface area contributed by atoms with Crippen LogP contribution in [0.15, 0.2) is 24.3 Å². The van der Waals surface area contributed by atoms with E-state index in [4.69, 9.17) is 0 Å². The molecule has 5 unspecified atom stereocenters. The van der Waals surface area contributed by atoms with E-state index in [1.165, 1.54) is 12.1 Å². The average Bonchev–Trinajstić information content (AvgIpc) is 3.22. The highest BCUT2D eigenvalue weighted by Crippen LogP contribution is 2.58. The summed E-state index contributed by atoms with van der Waals surface area (Å²) in [5, 5.41) is 24.5. The lowest BCUT2D eigenvalue weighted by atomic mass is 9.51. The van der Waals surface area contributed by atoms with Gasteiger partial charge < -0.3 is 10.2 Å². The maximum atomic E-state index is 13.7. The molecule has 1 aromatic rings. The van der Waals surface area contributed by atoms with Crippen LogP contribution < -0.4 is 5.32 Å². The van der Waals surface area contributed by atoms with Crippen LogP contribution in [-0.2, 0) is 9.59 Å². The van der Waals surface area contributed by atoms with Crippen molar-refractivity contribution >= 4 is 11.9 Å². The summed E-state index contributed by atoms with van der Waals surface area (Å²) in [6.07, 6.45) is 1.73. The molecular formula is C23H33FN2O4. The van der Waals surface area contributed by atoms with Gasteiger partial charge in [0.25, 0.3) is 0 Å². The van der Waals surface area contributed by atoms with Crippen molar-refractivity contribution in [2.45, 2.75) is 65.1 Å². The zero-order valence-corrected chi connectivity index (χ0v) is 18.2. The van der Waals surface area contributed by atoms with E-state index < -0.39 is 46.7 Å². The maximum Gasteiger partial charge on any atom is 0.313 e. The summed E-state index contributed by atoms with van der Waals surface area (Å²) < 4.78 is 13.7. The third kappa shape index (κ3) is 3.32. The zero-order chi connectivity index (χ0) is 22.3. The Balaban J connectivity index is 2.32. The number of rotatable bonds is 6. The molecule has 5 atom stereocenters. The van der Waals surface area contributed by atoms with E-state index in [0.717, 1.165) is 25.9 Å². The predicted octanol–water partition coefficient (Wildman–Crippen LogP) is 3.53. The lowest BCUT2D eigenvalue weighted by Crippen LogP contribution is -2.74. The molecule has 0 bridgehead atoms. The topological polar surface area (TPSA) is 89.9 Å². The van der Waals surface area contributed by atoms with E-state index in [1.807, 2.05) is 20.8 Å². The lowest BCUT2D eigenvalue weighted by molar-refractivity contribution is -0.182. The van der Waals surface area contributed by atoms with Gasteiger partial charge in [-0.1, -0.05) is 32.9 Å². The largest absolute Gasteiger partial charge is 0.481 e. The summed E-state index contributed by atoms with van der Waals surface area (Å²) in [5.74, 6) is -3.35. The van der Waals surface area contributed by atoms with Crippen molar-refractivity contribution in [3.63, 3.8) is 0 Å². The molecule has 0 aliphatic carbocycles. The predicted molar refractivity (Wildman–Crippen MR) is 112 cm³/mol. The smallest absolute Gasteiger partial charge is 0.313 e. The number of piperidine rings is 1. The first-order valence-electron chi connectivity index (χ1n) is 10.8. The van der Waals surface area contributed by atoms with Gasteiger partial charge in [0.2, 0.25) is 0 Å². The molecule has 2 heterocycles. The van der Waals surface area contributed by atoms with Crippen LogP contribution in [0.1, 0.15) is 58.4 Å². The number of benzene rings is 1. The molecule has 3 rings (SSSR count). The highest BCUT2D eigenvalue weighted by Gasteiger charge is 2.67. The van der Waals surface area contributed by atoms with E-state index in [1.54, 1.807) is 19.1 Å². The van der Waals surface area contributed by atoms with Gasteiger partial charge in [0, 0.05) is 12.0 Å². The second kappa shape index (κ2) is 8.27. The second-order valence-electron chi connectivity index (χ2n) is 9.31. The molecule has 0 spiro atoms. The molecule has 6 nitrogen and oxygen atoms in total. The number of likely N-dealkylation sites (tertiary alicyclic amines) is 1. The molecule has 2 aliphatic rings. The Morgan fingerprint density at radius 3 is 2.17 bits per heavy atom. The number of hydrogen-bond donors (Lipinski definition) is 3. The number of carbonyl (C=O) groups is 2. The number of nitrogens with one attached hydrogen (secondary N) is 1. The van der Waals surface area contributed by atoms with Crippen LogP contribution in [-0.4, -0.2) is 52.3 Å². The van der Waals surface area contributed by atoms with Crippen molar-refractivity contribution in [1.82, 2.24) is 10.2 Å². The van der Waals surface area contributed by atoms with Crippen molar-refractivity contribution in [3.8, 4) is 0 Å². The minimum Gasteiger partial charge on any atom is -0.481 e. The normalized spacial score (nSPS) is 34.9. The van der Waals surface area contributed by atoms with Gasteiger partial charge in [-0.3, -0.25) is 19.8 Å². The van der Waals surface area contributed by atoms with E-state index in [9.17, 15) is 24.2 Å². The first kappa shape index (κ1) is 22.7. The van der Waals surface area contributed by atoms with Crippen molar-refractivity contribution < 1.29 is 24.2 Å². The van der Waals surface area contributed by atoms with E-state index in [2.05, 4.69) is 10.2 Å². The van der Waals surface area contributed by atoms with E-state index in [0.29, 0.717) is 5.56 Å². The summed E-state index contributed by atoms with van der Waals surface area (Å²) in [6, 6.07) is 5.24. The third-order valence-electron chi connectivity index (χ3n) is 7.41. The van der Waals surface area contributed by atoms with Crippen molar-refractivity contribution in [1.29, 1.82) is 0 Å². The first-order chi connectivity index (χ1) is 14.1. The van der Waals surface area contributed by atoms with Crippen LogP contribution in [0, 0.1) is 22.6 Å². The monoisotopic (exact) mass is 420 g/mol. The van der Waals surface area contributed by atoms with Crippen LogP contribution in [0.4, 0.5) is 4.39 Å². The molecular weight excluding hydrogens is 387 g/mol. The Morgan fingerprint density at radius 2 is 1.73 bits per heavy atom. The summed E-state index contributed by atoms with van der Waals surface area (Å²) in [5.41, 5.74) is -2.21. The Hall–Kier alpha value is -1.99. The van der Waals surface area contributed by atoms with Gasteiger partial charge in [0.1, 0.15) is 11.2 Å². The Kier molecular flexibility index (Phi) is 6.25. The zero-order valence-electron chi connectivity index (χ0n) is 18.2. The standard InChI is InChI=1S/C23H33FN2O4/c1-5-23(21(29)30)17(15-8-10-16(24)11-9-15)22(4,20(27)28)18(14(2)3)25-19(23)26-12-6-7-13-26/h8-11,14,17-19,25H,5-7,12-13H2,1-4H3,(H,27,28)(H,29,30). The average molecular weight is 421 g/mol. The fourth-order valence-electron chi connectivity index (χ4n) is 6.02. The van der Waals surface area contributed by atoms with E-state index in [-0.39, 0.29) is 12.3 Å².